The summed E-state index contributed by atoms with van der Waals surface area (Å²) in [6, 6.07) is 13.7. The molecule has 0 unspecified atom stereocenters. The number of amides is 2. The summed E-state index contributed by atoms with van der Waals surface area (Å²) in [4.78, 5) is 26.9. The number of fused-ring (bicyclic) bond motifs is 1. The second-order valence-electron chi connectivity index (χ2n) is 7.33. The van der Waals surface area contributed by atoms with Crippen molar-refractivity contribution in [2.75, 3.05) is 37.4 Å². The molecule has 4 rings (SSSR count). The highest BCUT2D eigenvalue weighted by Crippen LogP contribution is 2.38. The molecular weight excluding hydrogens is 402 g/mol. The highest BCUT2D eigenvalue weighted by Gasteiger charge is 2.29. The fraction of sp³-hybridized carbons (Fsp3) is 0.364. The Morgan fingerprint density at radius 2 is 1.93 bits per heavy atom. The third-order valence-electron chi connectivity index (χ3n) is 5.19. The lowest BCUT2D eigenvalue weighted by Crippen LogP contribution is -2.33. The number of ether oxygens (including phenoxy) is 2. The number of anilines is 1. The largest absolute Gasteiger partial charge is 0.486 e. The number of likely N-dealkylation sites (tertiary alicyclic amines) is 1. The fourth-order valence-corrected chi connectivity index (χ4v) is 4.63. The lowest BCUT2D eigenvalue weighted by molar-refractivity contribution is -0.117. The van der Waals surface area contributed by atoms with E-state index in [1.165, 1.54) is 11.8 Å². The summed E-state index contributed by atoms with van der Waals surface area (Å²) in [5.74, 6) is 1.26. The van der Waals surface area contributed by atoms with Crippen LogP contribution in [0.5, 0.6) is 11.5 Å². The van der Waals surface area contributed by atoms with Gasteiger partial charge < -0.3 is 20.5 Å². The van der Waals surface area contributed by atoms with Gasteiger partial charge in [-0.1, -0.05) is 18.2 Å². The minimum absolute atomic E-state index is 0.0773. The average molecular weight is 428 g/mol. The molecule has 7 nitrogen and oxygen atoms in total. The summed E-state index contributed by atoms with van der Waals surface area (Å²) >= 11 is 1.32. The third-order valence-corrected chi connectivity index (χ3v) is 6.29. The maximum atomic E-state index is 12.8. The second kappa shape index (κ2) is 9.40. The Kier molecular flexibility index (Phi) is 6.44. The van der Waals surface area contributed by atoms with Crippen LogP contribution in [-0.2, 0) is 9.59 Å². The number of carbonyl (C=O) groups is 2. The molecule has 1 atom stereocenters. The van der Waals surface area contributed by atoms with Gasteiger partial charge >= 0.3 is 0 Å². The molecule has 2 amide bonds. The molecule has 2 aromatic rings. The van der Waals surface area contributed by atoms with Gasteiger partial charge in [-0.3, -0.25) is 14.5 Å². The highest BCUT2D eigenvalue weighted by molar-refractivity contribution is 8.00. The van der Waals surface area contributed by atoms with Crippen molar-refractivity contribution >= 4 is 29.3 Å². The molecule has 0 aromatic heterocycles. The Balaban J connectivity index is 1.41. The summed E-state index contributed by atoms with van der Waals surface area (Å²) in [5.41, 5.74) is 7.08. The molecule has 0 radical (unpaired) electrons. The Labute approximate surface area is 179 Å². The van der Waals surface area contributed by atoms with Crippen molar-refractivity contribution in [3.8, 4) is 11.5 Å². The normalized spacial score (nSPS) is 18.2. The van der Waals surface area contributed by atoms with E-state index in [1.807, 2.05) is 36.4 Å². The Morgan fingerprint density at radius 3 is 2.77 bits per heavy atom. The standard InChI is InChI=1S/C22H25N3O4S/c23-21(26)14-30-20-6-2-1-4-16(20)24-22(27)13-25-9-3-5-17(25)15-7-8-18-19(12-15)29-11-10-28-18/h1-2,4,6-8,12,17H,3,5,9-11,13-14H2,(H2,23,26)(H,24,27)/t17-/m1/s1. The predicted molar refractivity (Wildman–Crippen MR) is 116 cm³/mol. The minimum Gasteiger partial charge on any atom is -0.486 e. The molecule has 1 fully saturated rings. The molecule has 0 spiro atoms. The first kappa shape index (κ1) is 20.6. The van der Waals surface area contributed by atoms with Crippen LogP contribution in [-0.4, -0.2) is 48.8 Å². The highest BCUT2D eigenvalue weighted by atomic mass is 32.2. The average Bonchev–Trinajstić information content (AvgIpc) is 3.20. The van der Waals surface area contributed by atoms with Crippen LogP contribution in [0, 0.1) is 0 Å². The molecule has 2 aliphatic heterocycles. The third kappa shape index (κ3) is 4.88. The zero-order valence-corrected chi connectivity index (χ0v) is 17.5. The van der Waals surface area contributed by atoms with E-state index in [1.54, 1.807) is 0 Å². The van der Waals surface area contributed by atoms with E-state index in [0.29, 0.717) is 25.4 Å². The van der Waals surface area contributed by atoms with Crippen molar-refractivity contribution in [2.24, 2.45) is 5.73 Å². The number of thioether (sulfide) groups is 1. The number of nitrogens with one attached hydrogen (secondary N) is 1. The number of carbonyl (C=O) groups excluding carboxylic acids is 2. The van der Waals surface area contributed by atoms with Crippen LogP contribution in [0.1, 0.15) is 24.4 Å². The number of nitrogens with two attached hydrogens (primary N) is 1. The van der Waals surface area contributed by atoms with E-state index in [4.69, 9.17) is 15.2 Å². The van der Waals surface area contributed by atoms with Gasteiger partial charge in [0.25, 0.3) is 0 Å². The first-order valence-electron chi connectivity index (χ1n) is 10.0. The summed E-state index contributed by atoms with van der Waals surface area (Å²) in [7, 11) is 0. The quantitative estimate of drug-likeness (QED) is 0.660. The van der Waals surface area contributed by atoms with E-state index in [9.17, 15) is 9.59 Å². The van der Waals surface area contributed by atoms with Crippen LogP contribution in [0.25, 0.3) is 0 Å². The second-order valence-corrected chi connectivity index (χ2v) is 8.35. The van der Waals surface area contributed by atoms with Gasteiger partial charge in [0.15, 0.2) is 11.5 Å². The molecule has 2 aromatic carbocycles. The number of benzene rings is 2. The van der Waals surface area contributed by atoms with E-state index < -0.39 is 0 Å². The zero-order valence-electron chi connectivity index (χ0n) is 16.6. The van der Waals surface area contributed by atoms with Crippen molar-refractivity contribution in [3.63, 3.8) is 0 Å². The molecule has 2 heterocycles. The van der Waals surface area contributed by atoms with Crippen LogP contribution in [0.4, 0.5) is 5.69 Å². The van der Waals surface area contributed by atoms with Crippen LogP contribution in [0.2, 0.25) is 0 Å². The van der Waals surface area contributed by atoms with Gasteiger partial charge in [0, 0.05) is 10.9 Å². The van der Waals surface area contributed by atoms with Crippen molar-refractivity contribution in [1.82, 2.24) is 4.90 Å². The Morgan fingerprint density at radius 1 is 1.13 bits per heavy atom. The number of nitrogens with zero attached hydrogens (tertiary/aromatic N) is 1. The summed E-state index contributed by atoms with van der Waals surface area (Å²) in [6.07, 6.45) is 2.04. The molecule has 158 valence electrons. The minimum atomic E-state index is -0.388. The number of hydrogen-bond donors (Lipinski definition) is 2. The zero-order chi connectivity index (χ0) is 20.9. The molecule has 1 saturated heterocycles. The molecule has 0 saturated carbocycles. The van der Waals surface area contributed by atoms with Crippen LogP contribution >= 0.6 is 11.8 Å². The molecule has 0 bridgehead atoms. The van der Waals surface area contributed by atoms with Crippen molar-refractivity contribution in [2.45, 2.75) is 23.8 Å². The lowest BCUT2D eigenvalue weighted by atomic mass is 10.0. The van der Waals surface area contributed by atoms with Gasteiger partial charge in [0.05, 0.1) is 18.0 Å². The topological polar surface area (TPSA) is 93.9 Å². The van der Waals surface area contributed by atoms with Crippen molar-refractivity contribution < 1.29 is 19.1 Å². The number of hydrogen-bond acceptors (Lipinski definition) is 6. The smallest absolute Gasteiger partial charge is 0.238 e. The first-order valence-corrected chi connectivity index (χ1v) is 11.0. The first-order chi connectivity index (χ1) is 14.6. The SMILES string of the molecule is NC(=O)CSc1ccccc1NC(=O)CN1CCC[C@@H]1c1ccc2c(c1)OCCO2. The molecule has 8 heteroatoms. The maximum absolute atomic E-state index is 12.8. The number of primary amides is 1. The van der Waals surface area contributed by atoms with Crippen molar-refractivity contribution in [3.05, 3.63) is 48.0 Å². The van der Waals surface area contributed by atoms with Gasteiger partial charge in [0.1, 0.15) is 13.2 Å². The monoisotopic (exact) mass is 427 g/mol. The summed E-state index contributed by atoms with van der Waals surface area (Å²) < 4.78 is 11.3. The van der Waals surface area contributed by atoms with E-state index in [-0.39, 0.29) is 23.6 Å². The predicted octanol–water partition coefficient (Wildman–Crippen LogP) is 2.81. The molecular formula is C22H25N3O4S. The van der Waals surface area contributed by atoms with E-state index in [0.717, 1.165) is 41.3 Å². The Hall–Kier alpha value is -2.71. The van der Waals surface area contributed by atoms with Gasteiger partial charge in [-0.25, -0.2) is 0 Å². The molecule has 0 aliphatic carbocycles. The van der Waals surface area contributed by atoms with Crippen LogP contribution in [0.15, 0.2) is 47.4 Å². The lowest BCUT2D eigenvalue weighted by Gasteiger charge is -2.26. The summed E-state index contributed by atoms with van der Waals surface area (Å²) in [6.45, 7) is 2.29. The molecule has 30 heavy (non-hydrogen) atoms. The van der Waals surface area contributed by atoms with Gasteiger partial charge in [-0.2, -0.15) is 0 Å². The van der Waals surface area contributed by atoms with E-state index in [2.05, 4.69) is 16.3 Å². The van der Waals surface area contributed by atoms with Gasteiger partial charge in [-0.05, 0) is 49.2 Å². The van der Waals surface area contributed by atoms with Crippen molar-refractivity contribution in [1.29, 1.82) is 0 Å². The van der Waals surface area contributed by atoms with Crippen LogP contribution < -0.4 is 20.5 Å². The molecule has 3 N–H and O–H groups in total. The number of para-hydroxylation sites is 1. The Bertz CT molecular complexity index is 936. The van der Waals surface area contributed by atoms with Crippen LogP contribution in [0.3, 0.4) is 0 Å². The fourth-order valence-electron chi connectivity index (χ4n) is 3.88. The van der Waals surface area contributed by atoms with Gasteiger partial charge in [-0.15, -0.1) is 11.8 Å². The number of rotatable bonds is 7. The maximum Gasteiger partial charge on any atom is 0.238 e. The van der Waals surface area contributed by atoms with Gasteiger partial charge in [0.2, 0.25) is 11.8 Å². The van der Waals surface area contributed by atoms with E-state index >= 15 is 0 Å². The molecule has 2 aliphatic rings. The summed E-state index contributed by atoms with van der Waals surface area (Å²) in [5, 5.41) is 2.98.